The van der Waals surface area contributed by atoms with Crippen LogP contribution in [0.25, 0.3) is 0 Å². The number of rotatable bonds is 7. The monoisotopic (exact) mass is 366 g/mol. The van der Waals surface area contributed by atoms with Crippen molar-refractivity contribution in [2.75, 3.05) is 7.05 Å². The van der Waals surface area contributed by atoms with Crippen LogP contribution in [-0.4, -0.2) is 22.8 Å². The number of hydrogen-bond acceptors (Lipinski definition) is 5. The van der Waals surface area contributed by atoms with E-state index in [1.165, 1.54) is 17.0 Å². The third kappa shape index (κ3) is 4.72. The van der Waals surface area contributed by atoms with Crippen molar-refractivity contribution < 1.29 is 18.9 Å². The summed E-state index contributed by atoms with van der Waals surface area (Å²) in [5, 5.41) is 10.9. The summed E-state index contributed by atoms with van der Waals surface area (Å²) in [6.07, 6.45) is 0. The minimum Gasteiger partial charge on any atom is -0.486 e. The number of hydrogen-bond donors (Lipinski definition) is 0. The van der Waals surface area contributed by atoms with E-state index in [4.69, 9.17) is 9.15 Å². The molecule has 0 bridgehead atoms. The second-order valence-corrected chi connectivity index (χ2v) is 5.96. The summed E-state index contributed by atoms with van der Waals surface area (Å²) in [5.74, 6) is 1.12. The lowest BCUT2D eigenvalue weighted by Gasteiger charge is -2.15. The quantitative estimate of drug-likeness (QED) is 0.465. The van der Waals surface area contributed by atoms with E-state index in [0.29, 0.717) is 17.1 Å². The summed E-state index contributed by atoms with van der Waals surface area (Å²) in [6, 6.07) is 18.8. The molecule has 1 heterocycles. The van der Waals surface area contributed by atoms with Crippen molar-refractivity contribution in [3.8, 4) is 5.75 Å². The molecule has 138 valence electrons. The van der Waals surface area contributed by atoms with Crippen molar-refractivity contribution in [1.82, 2.24) is 4.90 Å². The van der Waals surface area contributed by atoms with Crippen LogP contribution in [0.1, 0.15) is 21.9 Å². The van der Waals surface area contributed by atoms with Gasteiger partial charge in [0.25, 0.3) is 11.6 Å². The molecule has 3 aromatic rings. The van der Waals surface area contributed by atoms with Crippen molar-refractivity contribution in [2.24, 2.45) is 0 Å². The third-order valence-electron chi connectivity index (χ3n) is 3.88. The second kappa shape index (κ2) is 8.18. The molecule has 0 unspecified atom stereocenters. The molecule has 0 radical (unpaired) electrons. The lowest BCUT2D eigenvalue weighted by molar-refractivity contribution is -0.384. The van der Waals surface area contributed by atoms with E-state index in [1.54, 1.807) is 31.3 Å². The highest BCUT2D eigenvalue weighted by Gasteiger charge is 2.17. The van der Waals surface area contributed by atoms with Crippen LogP contribution in [0.15, 0.2) is 71.1 Å². The topological polar surface area (TPSA) is 85.8 Å². The largest absolute Gasteiger partial charge is 0.486 e. The first-order chi connectivity index (χ1) is 13.0. The Hall–Kier alpha value is -3.61. The van der Waals surface area contributed by atoms with Crippen molar-refractivity contribution in [2.45, 2.75) is 13.2 Å². The van der Waals surface area contributed by atoms with Crippen LogP contribution in [0.3, 0.4) is 0 Å². The van der Waals surface area contributed by atoms with Gasteiger partial charge in [-0.15, -0.1) is 0 Å². The normalized spacial score (nSPS) is 10.4. The molecule has 0 saturated carbocycles. The molecule has 0 atom stereocenters. The number of amides is 1. The molecule has 0 aliphatic carbocycles. The molecule has 1 amide bonds. The fourth-order valence-corrected chi connectivity index (χ4v) is 2.54. The highest BCUT2D eigenvalue weighted by molar-refractivity contribution is 5.91. The average Bonchev–Trinajstić information content (AvgIpc) is 3.15. The molecule has 27 heavy (non-hydrogen) atoms. The molecule has 1 aromatic heterocycles. The van der Waals surface area contributed by atoms with Gasteiger partial charge in [0, 0.05) is 25.7 Å². The van der Waals surface area contributed by atoms with Crippen molar-refractivity contribution in [1.29, 1.82) is 0 Å². The highest BCUT2D eigenvalue weighted by atomic mass is 16.6. The molecule has 0 spiro atoms. The maximum atomic E-state index is 12.5. The predicted molar refractivity (Wildman–Crippen MR) is 98.4 cm³/mol. The van der Waals surface area contributed by atoms with Crippen molar-refractivity contribution in [3.05, 3.63) is 93.9 Å². The first-order valence-corrected chi connectivity index (χ1v) is 8.28. The Morgan fingerprint density at radius 1 is 1.11 bits per heavy atom. The van der Waals surface area contributed by atoms with Gasteiger partial charge < -0.3 is 14.1 Å². The van der Waals surface area contributed by atoms with Crippen LogP contribution >= 0.6 is 0 Å². The fourth-order valence-electron chi connectivity index (χ4n) is 2.54. The van der Waals surface area contributed by atoms with Gasteiger partial charge in [-0.05, 0) is 29.8 Å². The minimum absolute atomic E-state index is 0.00769. The first kappa shape index (κ1) is 18.2. The Morgan fingerprint density at radius 3 is 2.63 bits per heavy atom. The molecule has 0 N–H and O–H groups in total. The maximum absolute atomic E-state index is 12.5. The van der Waals surface area contributed by atoms with Gasteiger partial charge in [-0.1, -0.05) is 30.3 Å². The number of carbonyl (C=O) groups is 1. The average molecular weight is 366 g/mol. The van der Waals surface area contributed by atoms with E-state index >= 15 is 0 Å². The molecule has 7 heteroatoms. The Balaban J connectivity index is 1.61. The number of ether oxygens (including phenoxy) is 1. The zero-order valence-electron chi connectivity index (χ0n) is 14.7. The molecule has 7 nitrogen and oxygen atoms in total. The number of nitro benzene ring substituents is 1. The summed E-state index contributed by atoms with van der Waals surface area (Å²) in [6.45, 7) is 0.447. The van der Waals surface area contributed by atoms with E-state index in [2.05, 4.69) is 0 Å². The van der Waals surface area contributed by atoms with E-state index in [1.807, 2.05) is 30.3 Å². The molecule has 2 aromatic carbocycles. The van der Waals surface area contributed by atoms with Crippen LogP contribution in [0, 0.1) is 10.1 Å². The first-order valence-electron chi connectivity index (χ1n) is 8.28. The van der Waals surface area contributed by atoms with E-state index in [0.717, 1.165) is 0 Å². The summed E-state index contributed by atoms with van der Waals surface area (Å²) in [5.41, 5.74) is 0.658. The standard InChI is InChI=1S/C20H18N2O5/c1-21(13-15-6-5-7-16(12-15)22(24)25)20(23)19-11-10-18(27-19)14-26-17-8-3-2-4-9-17/h2-12H,13-14H2,1H3. The molecular weight excluding hydrogens is 348 g/mol. The van der Waals surface area contributed by atoms with Gasteiger partial charge in [0.2, 0.25) is 0 Å². The molecule has 0 aliphatic rings. The Morgan fingerprint density at radius 2 is 1.89 bits per heavy atom. The van der Waals surface area contributed by atoms with Crippen LogP contribution in [0.4, 0.5) is 5.69 Å². The van der Waals surface area contributed by atoms with Crippen molar-refractivity contribution >= 4 is 11.6 Å². The van der Waals surface area contributed by atoms with Crippen molar-refractivity contribution in [3.63, 3.8) is 0 Å². The van der Waals surface area contributed by atoms with Gasteiger partial charge in [0.05, 0.1) is 4.92 Å². The minimum atomic E-state index is -0.461. The number of benzene rings is 2. The van der Waals surface area contributed by atoms with Crippen LogP contribution < -0.4 is 4.74 Å². The highest BCUT2D eigenvalue weighted by Crippen LogP contribution is 2.17. The zero-order valence-corrected chi connectivity index (χ0v) is 14.7. The van der Waals surface area contributed by atoms with E-state index in [9.17, 15) is 14.9 Å². The molecule has 0 saturated heterocycles. The number of para-hydroxylation sites is 1. The molecular formula is C20H18N2O5. The lowest BCUT2D eigenvalue weighted by Crippen LogP contribution is -2.25. The van der Waals surface area contributed by atoms with E-state index in [-0.39, 0.29) is 30.5 Å². The predicted octanol–water partition coefficient (Wildman–Crippen LogP) is 4.04. The Labute approximate surface area is 155 Å². The van der Waals surface area contributed by atoms with Gasteiger partial charge in [-0.25, -0.2) is 0 Å². The molecule has 3 rings (SSSR count). The van der Waals surface area contributed by atoms with Gasteiger partial charge in [-0.2, -0.15) is 0 Å². The van der Waals surface area contributed by atoms with Crippen LogP contribution in [0.5, 0.6) is 5.75 Å². The van der Waals surface area contributed by atoms with Gasteiger partial charge in [-0.3, -0.25) is 14.9 Å². The van der Waals surface area contributed by atoms with E-state index < -0.39 is 4.92 Å². The summed E-state index contributed by atoms with van der Waals surface area (Å²) < 4.78 is 11.2. The summed E-state index contributed by atoms with van der Waals surface area (Å²) >= 11 is 0. The van der Waals surface area contributed by atoms with Crippen LogP contribution in [0.2, 0.25) is 0 Å². The number of non-ortho nitro benzene ring substituents is 1. The number of carbonyl (C=O) groups excluding carboxylic acids is 1. The molecule has 0 aliphatic heterocycles. The summed E-state index contributed by atoms with van der Waals surface area (Å²) in [4.78, 5) is 24.4. The number of nitrogens with zero attached hydrogens (tertiary/aromatic N) is 2. The maximum Gasteiger partial charge on any atom is 0.289 e. The third-order valence-corrected chi connectivity index (χ3v) is 3.88. The lowest BCUT2D eigenvalue weighted by atomic mass is 10.2. The number of nitro groups is 1. The number of furan rings is 1. The van der Waals surface area contributed by atoms with Crippen LogP contribution in [-0.2, 0) is 13.2 Å². The SMILES string of the molecule is CN(Cc1cccc([N+](=O)[O-])c1)C(=O)c1ccc(COc2ccccc2)o1. The zero-order chi connectivity index (χ0) is 19.2. The Bertz CT molecular complexity index is 936. The van der Waals surface area contributed by atoms with Gasteiger partial charge >= 0.3 is 0 Å². The van der Waals surface area contributed by atoms with Gasteiger partial charge in [0.1, 0.15) is 18.1 Å². The molecule has 0 fully saturated rings. The fraction of sp³-hybridized carbons (Fsp3) is 0.150. The Kier molecular flexibility index (Phi) is 5.51. The summed E-state index contributed by atoms with van der Waals surface area (Å²) in [7, 11) is 1.61. The smallest absolute Gasteiger partial charge is 0.289 e. The second-order valence-electron chi connectivity index (χ2n) is 5.96. The van der Waals surface area contributed by atoms with Gasteiger partial charge in [0.15, 0.2) is 5.76 Å².